The molecule has 26 nitrogen and oxygen atoms in total. The zero-order valence-electron chi connectivity index (χ0n) is 55.1. The maximum Gasteiger partial charge on any atom is 0.335 e. The number of likely N-dealkylation sites (N-methyl/N-ethyl adjacent to an activating group) is 2. The van der Waals surface area contributed by atoms with Gasteiger partial charge in [0.15, 0.2) is 12.2 Å². The van der Waals surface area contributed by atoms with Crippen LogP contribution in [0.4, 0.5) is 0 Å². The lowest BCUT2D eigenvalue weighted by Crippen LogP contribution is -2.71. The van der Waals surface area contributed by atoms with Crippen LogP contribution in [0.25, 0.3) is 33.0 Å². The van der Waals surface area contributed by atoms with E-state index in [4.69, 9.17) is 29.9 Å². The average Bonchev–Trinajstić information content (AvgIpc) is 1.54. The highest BCUT2D eigenvalue weighted by molar-refractivity contribution is 6.03. The van der Waals surface area contributed by atoms with Gasteiger partial charge in [0.05, 0.1) is 11.8 Å². The number of nitrogens with one attached hydrogen (secondary N) is 2. The molecule has 2 aliphatic carbocycles. The van der Waals surface area contributed by atoms with E-state index in [2.05, 4.69) is 92.5 Å². The van der Waals surface area contributed by atoms with Gasteiger partial charge in [-0.2, -0.15) is 0 Å². The number of carbonyl (C=O) groups excluding carboxylic acids is 6. The number of hydrogen-bond donors (Lipinski definition) is 8. The number of hydrogen-bond acceptors (Lipinski definition) is 16. The standard InChI is InChI=1S/2C34H37N5O5.C4H6O6/c2*1-33(32(42)39-27(15-20-9-5-4-6-10-20)31(41)38-14-8-13-28(38)34(39,43)44-33)35-30(40)22-16-24-23-11-7-12-25-29(23)21(18-36(25)2)17-26(24)37(3)19-22;5-1(3(7)8)2(6)4(9)10/h2*4-7,9-12,16,18,22,26-28,43H,8,13-15,17,19H2,1-3H3,(H,35,40);1-2,5-6H,(H,7,8)(H,9,10)/t2*22-,26-,27+,28+,33-,34+;1-,2-/m111/s1. The summed E-state index contributed by atoms with van der Waals surface area (Å²) < 4.78 is 16.8. The second kappa shape index (κ2) is 24.4. The maximum atomic E-state index is 14.2. The predicted molar refractivity (Wildman–Crippen MR) is 352 cm³/mol. The highest BCUT2D eigenvalue weighted by atomic mass is 16.7. The van der Waals surface area contributed by atoms with Gasteiger partial charge in [-0.1, -0.05) is 97.1 Å². The lowest BCUT2D eigenvalue weighted by atomic mass is 9.79. The fourth-order valence-corrected chi connectivity index (χ4v) is 17.1. The van der Waals surface area contributed by atoms with E-state index in [9.17, 15) is 48.6 Å². The number of rotatable bonds is 11. The van der Waals surface area contributed by atoms with Crippen LogP contribution in [0.15, 0.2) is 122 Å². The van der Waals surface area contributed by atoms with Crippen LogP contribution in [0, 0.1) is 11.8 Å². The first-order valence-electron chi connectivity index (χ1n) is 33.3. The second-order valence-corrected chi connectivity index (χ2v) is 28.0. The van der Waals surface area contributed by atoms with Crippen LogP contribution in [0.1, 0.15) is 72.9 Å². The number of carboxylic acid groups (broad SMARTS) is 2. The number of aliphatic hydroxyl groups excluding tert-OH is 2. The Bertz CT molecular complexity index is 4090. The molecule has 10 heterocycles. The van der Waals surface area contributed by atoms with Gasteiger partial charge < -0.3 is 60.2 Å². The van der Waals surface area contributed by atoms with Gasteiger partial charge in [0.2, 0.25) is 35.1 Å². The Labute approximate surface area is 563 Å². The van der Waals surface area contributed by atoms with Crippen LogP contribution in [-0.2, 0) is 87.6 Å². The molecule has 26 heteroatoms. The van der Waals surface area contributed by atoms with E-state index in [1.807, 2.05) is 86.9 Å². The van der Waals surface area contributed by atoms with Gasteiger partial charge in [-0.05, 0) is 123 Å². The first kappa shape index (κ1) is 66.1. The first-order chi connectivity index (χ1) is 46.6. The third-order valence-corrected chi connectivity index (χ3v) is 21.7. The van der Waals surface area contributed by atoms with Crippen LogP contribution in [-0.4, -0.2) is 229 Å². The van der Waals surface area contributed by atoms with Crippen molar-refractivity contribution in [2.75, 3.05) is 40.3 Å². The van der Waals surface area contributed by atoms with Gasteiger partial charge in [-0.15, -0.1) is 0 Å². The molecule has 10 aliphatic rings. The topological polar surface area (TPSA) is 330 Å². The smallest absolute Gasteiger partial charge is 0.335 e. The Morgan fingerprint density at radius 2 is 0.929 bits per heavy atom. The van der Waals surface area contributed by atoms with E-state index in [1.165, 1.54) is 45.5 Å². The summed E-state index contributed by atoms with van der Waals surface area (Å²) >= 11 is 0. The van der Waals surface area contributed by atoms with Crippen LogP contribution in [0.3, 0.4) is 0 Å². The van der Waals surface area contributed by atoms with E-state index in [1.54, 1.807) is 9.80 Å². The van der Waals surface area contributed by atoms with Crippen molar-refractivity contribution in [3.63, 3.8) is 0 Å². The number of nitrogens with zero attached hydrogens (tertiary/aromatic N) is 8. The molecule has 16 rings (SSSR count). The van der Waals surface area contributed by atoms with Crippen molar-refractivity contribution in [1.29, 1.82) is 0 Å². The number of aryl methyl sites for hydroxylation is 2. The zero-order chi connectivity index (χ0) is 69.4. The molecule has 514 valence electrons. The van der Waals surface area contributed by atoms with Gasteiger partial charge in [-0.25, -0.2) is 9.59 Å². The van der Waals surface area contributed by atoms with E-state index in [0.29, 0.717) is 51.9 Å². The fraction of sp³-hybridized carbons (Fsp3) is 0.444. The summed E-state index contributed by atoms with van der Waals surface area (Å²) in [6.45, 7) is 4.92. The van der Waals surface area contributed by atoms with Crippen LogP contribution in [0.5, 0.6) is 0 Å². The van der Waals surface area contributed by atoms with Crippen LogP contribution < -0.4 is 10.6 Å². The molecule has 6 amide bonds. The number of carbonyl (C=O) groups is 8. The summed E-state index contributed by atoms with van der Waals surface area (Å²) in [5.74, 6) is -11.1. The van der Waals surface area contributed by atoms with Crippen molar-refractivity contribution in [2.24, 2.45) is 25.9 Å². The van der Waals surface area contributed by atoms with Gasteiger partial charge in [0, 0.05) is 99.4 Å². The molecule has 2 aromatic heterocycles. The van der Waals surface area contributed by atoms with E-state index in [-0.39, 0.29) is 48.6 Å². The molecule has 0 spiro atoms. The lowest BCUT2D eigenvalue weighted by Gasteiger charge is -2.48. The Balaban J connectivity index is 0.000000147. The molecule has 8 aliphatic heterocycles. The molecule has 8 N–H and O–H groups in total. The summed E-state index contributed by atoms with van der Waals surface area (Å²) in [5.41, 5.74) is 7.47. The largest absolute Gasteiger partial charge is 0.479 e. The number of aliphatic carboxylic acids is 2. The molecule has 14 atom stereocenters. The minimum atomic E-state index is -2.27. The number of aliphatic hydroxyl groups is 4. The monoisotopic (exact) mass is 1340 g/mol. The number of benzene rings is 4. The summed E-state index contributed by atoms with van der Waals surface area (Å²) in [5, 5.41) is 64.9. The van der Waals surface area contributed by atoms with E-state index >= 15 is 0 Å². The molecule has 0 unspecified atom stereocenters. The second-order valence-electron chi connectivity index (χ2n) is 28.0. The lowest BCUT2D eigenvalue weighted by molar-refractivity contribution is -0.315. The molecule has 6 aromatic rings. The van der Waals surface area contributed by atoms with E-state index < -0.39 is 95.2 Å². The highest BCUT2D eigenvalue weighted by Gasteiger charge is 2.72. The number of piperazine rings is 2. The highest BCUT2D eigenvalue weighted by Crippen LogP contribution is 2.49. The quantitative estimate of drug-likeness (QED) is 0.0918. The molecule has 4 aromatic carbocycles. The Morgan fingerprint density at radius 3 is 1.30 bits per heavy atom. The van der Waals surface area contributed by atoms with Crippen molar-refractivity contribution in [1.82, 2.24) is 49.2 Å². The van der Waals surface area contributed by atoms with Crippen molar-refractivity contribution < 1.29 is 78.5 Å². The molecule has 0 radical (unpaired) electrons. The summed E-state index contributed by atoms with van der Waals surface area (Å²) in [4.78, 5) is 113. The van der Waals surface area contributed by atoms with Crippen LogP contribution >= 0.6 is 0 Å². The molecule has 98 heavy (non-hydrogen) atoms. The number of carboxylic acids is 2. The van der Waals surface area contributed by atoms with E-state index in [0.717, 1.165) is 57.3 Å². The molecule has 6 saturated heterocycles. The fourth-order valence-electron chi connectivity index (χ4n) is 17.1. The van der Waals surface area contributed by atoms with Gasteiger partial charge >= 0.3 is 11.9 Å². The zero-order valence-corrected chi connectivity index (χ0v) is 55.1. The van der Waals surface area contributed by atoms with Crippen molar-refractivity contribution in [3.8, 4) is 0 Å². The van der Waals surface area contributed by atoms with Gasteiger partial charge in [0.1, 0.15) is 24.2 Å². The third kappa shape index (κ3) is 10.7. The summed E-state index contributed by atoms with van der Waals surface area (Å²) in [6.07, 6.45) is 8.53. The number of ether oxygens (including phenoxy) is 2. The summed E-state index contributed by atoms with van der Waals surface area (Å²) in [7, 11) is 8.18. The number of amides is 6. The number of aromatic nitrogens is 2. The van der Waals surface area contributed by atoms with Crippen molar-refractivity contribution in [3.05, 3.63) is 155 Å². The minimum Gasteiger partial charge on any atom is -0.479 e. The van der Waals surface area contributed by atoms with Gasteiger partial charge in [0.25, 0.3) is 23.6 Å². The SMILES string of the molecule is CN1C[C@H](C(=O)N[C@]2(C)O[C@@]3(O)[C@@H]4CCCN4C(=O)[C@H](Cc4ccccc4)N3C2=O)C=C2c3cccc4c3c(cn4C)C[C@H]21.CN1C[C@H](C(=O)N[C@]2(C)O[C@@]3(O)[C@@H]4CCCN4C(=O)[C@H](Cc4ccccc4)N3C2=O)C=C2c3cccc4c3c(cn4C)C[C@H]21.O=C(O)[C@H](O)[C@@H](O)C(=O)O. The average molecular weight is 1340 g/mol. The summed E-state index contributed by atoms with van der Waals surface area (Å²) in [6, 6.07) is 28.5. The Morgan fingerprint density at radius 1 is 0.551 bits per heavy atom. The third-order valence-electron chi connectivity index (χ3n) is 21.7. The maximum absolute atomic E-state index is 14.2. The normalized spacial score (nSPS) is 31.1. The minimum absolute atomic E-state index is 0.146. The Hall–Kier alpha value is -9.12. The van der Waals surface area contributed by atoms with Gasteiger partial charge in [-0.3, -0.25) is 57.8 Å². The molecular weight excluding hydrogens is 1260 g/mol. The van der Waals surface area contributed by atoms with Crippen molar-refractivity contribution >= 4 is 80.3 Å². The Kier molecular flexibility index (Phi) is 16.5. The molecular formula is C72H80N10O16. The molecule has 0 bridgehead atoms. The predicted octanol–water partition coefficient (Wildman–Crippen LogP) is 1.88. The number of fused-ring (bicyclic) bond motifs is 10. The molecule has 0 saturated carbocycles. The van der Waals surface area contributed by atoms with Crippen LogP contribution in [0.2, 0.25) is 0 Å². The molecule has 6 fully saturated rings. The van der Waals surface area contributed by atoms with Crippen molar-refractivity contribution in [2.45, 2.75) is 137 Å². The first-order valence-corrected chi connectivity index (χ1v) is 33.3.